The van der Waals surface area contributed by atoms with Crippen LogP contribution >= 0.6 is 11.3 Å². The predicted octanol–water partition coefficient (Wildman–Crippen LogP) is 4.48. The molecule has 1 aliphatic heterocycles. The second-order valence-corrected chi connectivity index (χ2v) is 10.3. The van der Waals surface area contributed by atoms with Crippen LogP contribution in [0.2, 0.25) is 0 Å². The van der Waals surface area contributed by atoms with Crippen molar-refractivity contribution in [3.63, 3.8) is 0 Å². The number of carbonyl (C=O) groups is 1. The van der Waals surface area contributed by atoms with Gasteiger partial charge in [0.2, 0.25) is 10.0 Å². The number of anilines is 1. The number of nitrogens with one attached hydrogen (secondary N) is 1. The molecule has 4 rings (SSSR count). The van der Waals surface area contributed by atoms with Crippen molar-refractivity contribution in [1.29, 1.82) is 0 Å². The standard InChI is InChI=1S/C22H23N3O3S2/c1-16-11-13-25(14-12-16)30(27,28)19-9-7-18(8-10-19)21(26)24-22-23-20(15-29-22)17-5-3-2-4-6-17/h2-10,15-16H,11-14H2,1H3,(H,23,24,26). The van der Waals surface area contributed by atoms with Gasteiger partial charge in [-0.2, -0.15) is 4.31 Å². The van der Waals surface area contributed by atoms with Crippen LogP contribution in [0.1, 0.15) is 30.1 Å². The molecule has 0 unspecified atom stereocenters. The number of piperidine rings is 1. The normalized spacial score (nSPS) is 15.8. The molecular weight excluding hydrogens is 418 g/mol. The van der Waals surface area contributed by atoms with Gasteiger partial charge in [0.15, 0.2) is 5.13 Å². The first-order valence-electron chi connectivity index (χ1n) is 9.86. The van der Waals surface area contributed by atoms with Crippen LogP contribution in [0.4, 0.5) is 5.13 Å². The summed E-state index contributed by atoms with van der Waals surface area (Å²) in [6, 6.07) is 15.8. The summed E-state index contributed by atoms with van der Waals surface area (Å²) in [5, 5.41) is 5.17. The Hall–Kier alpha value is -2.55. The van der Waals surface area contributed by atoms with Crippen molar-refractivity contribution in [1.82, 2.24) is 9.29 Å². The summed E-state index contributed by atoms with van der Waals surface area (Å²) in [7, 11) is -3.52. The van der Waals surface area contributed by atoms with Gasteiger partial charge < -0.3 is 0 Å². The number of benzene rings is 2. The van der Waals surface area contributed by atoms with Gasteiger partial charge in [-0.15, -0.1) is 11.3 Å². The lowest BCUT2D eigenvalue weighted by Gasteiger charge is -2.29. The van der Waals surface area contributed by atoms with Crippen molar-refractivity contribution in [2.75, 3.05) is 18.4 Å². The van der Waals surface area contributed by atoms with Gasteiger partial charge in [-0.05, 0) is 43.0 Å². The molecule has 2 heterocycles. The minimum Gasteiger partial charge on any atom is -0.298 e. The summed E-state index contributed by atoms with van der Waals surface area (Å²) in [5.74, 6) is 0.232. The molecule has 0 saturated carbocycles. The van der Waals surface area contributed by atoms with Gasteiger partial charge in [0.05, 0.1) is 10.6 Å². The second-order valence-electron chi connectivity index (χ2n) is 7.47. The van der Waals surface area contributed by atoms with Gasteiger partial charge in [0.25, 0.3) is 5.91 Å². The van der Waals surface area contributed by atoms with Gasteiger partial charge in [-0.3, -0.25) is 10.1 Å². The maximum Gasteiger partial charge on any atom is 0.257 e. The molecule has 3 aromatic rings. The molecule has 30 heavy (non-hydrogen) atoms. The fraction of sp³-hybridized carbons (Fsp3) is 0.273. The number of carbonyl (C=O) groups excluding carboxylic acids is 1. The number of thiazole rings is 1. The Bertz CT molecular complexity index is 1120. The first-order valence-corrected chi connectivity index (χ1v) is 12.2. The van der Waals surface area contributed by atoms with Gasteiger partial charge in [0.1, 0.15) is 0 Å². The van der Waals surface area contributed by atoms with E-state index in [1.165, 1.54) is 27.8 Å². The Morgan fingerprint density at radius 2 is 1.73 bits per heavy atom. The fourth-order valence-electron chi connectivity index (χ4n) is 3.39. The van der Waals surface area contributed by atoms with Crippen LogP contribution < -0.4 is 5.32 Å². The zero-order valence-electron chi connectivity index (χ0n) is 16.6. The third-order valence-electron chi connectivity index (χ3n) is 5.29. The topological polar surface area (TPSA) is 79.4 Å². The van der Waals surface area contributed by atoms with Crippen LogP contribution in [0.15, 0.2) is 64.9 Å². The van der Waals surface area contributed by atoms with Crippen molar-refractivity contribution in [3.05, 3.63) is 65.5 Å². The molecule has 1 N–H and O–H groups in total. The molecule has 8 heteroatoms. The number of sulfonamides is 1. The lowest BCUT2D eigenvalue weighted by atomic mass is 10.0. The maximum atomic E-state index is 12.8. The van der Waals surface area contributed by atoms with E-state index < -0.39 is 10.0 Å². The molecule has 2 aromatic carbocycles. The van der Waals surface area contributed by atoms with Crippen LogP contribution in [-0.2, 0) is 10.0 Å². The zero-order chi connectivity index (χ0) is 21.1. The Morgan fingerprint density at radius 3 is 2.40 bits per heavy atom. The average Bonchev–Trinajstić information content (AvgIpc) is 3.23. The Kier molecular flexibility index (Phi) is 5.99. The van der Waals surface area contributed by atoms with E-state index >= 15 is 0 Å². The van der Waals surface area contributed by atoms with Crippen molar-refractivity contribution >= 4 is 32.4 Å². The minimum absolute atomic E-state index is 0.217. The molecule has 1 aliphatic rings. The van der Waals surface area contributed by atoms with E-state index in [0.29, 0.717) is 29.7 Å². The molecule has 0 bridgehead atoms. The summed E-state index contributed by atoms with van der Waals surface area (Å²) in [6.07, 6.45) is 1.75. The molecule has 0 aliphatic carbocycles. The second kappa shape index (κ2) is 8.67. The molecule has 1 saturated heterocycles. The minimum atomic E-state index is -3.52. The predicted molar refractivity (Wildman–Crippen MR) is 119 cm³/mol. The van der Waals surface area contributed by atoms with Gasteiger partial charge in [-0.25, -0.2) is 13.4 Å². The highest BCUT2D eigenvalue weighted by atomic mass is 32.2. The van der Waals surface area contributed by atoms with E-state index in [-0.39, 0.29) is 10.8 Å². The number of nitrogens with zero attached hydrogens (tertiary/aromatic N) is 2. The third kappa shape index (κ3) is 4.45. The Labute approximate surface area is 180 Å². The quantitative estimate of drug-likeness (QED) is 0.633. The molecule has 1 aromatic heterocycles. The van der Waals surface area contributed by atoms with E-state index in [1.54, 1.807) is 12.1 Å². The van der Waals surface area contributed by atoms with Crippen molar-refractivity contribution < 1.29 is 13.2 Å². The lowest BCUT2D eigenvalue weighted by molar-refractivity contribution is 0.102. The van der Waals surface area contributed by atoms with Crippen molar-refractivity contribution in [3.8, 4) is 11.3 Å². The highest BCUT2D eigenvalue weighted by Crippen LogP contribution is 2.26. The largest absolute Gasteiger partial charge is 0.298 e. The average molecular weight is 442 g/mol. The number of hydrogen-bond acceptors (Lipinski definition) is 5. The summed E-state index contributed by atoms with van der Waals surface area (Å²) in [6.45, 7) is 3.22. The van der Waals surface area contributed by atoms with Gasteiger partial charge >= 0.3 is 0 Å². The molecular formula is C22H23N3O3S2. The van der Waals surface area contributed by atoms with Gasteiger partial charge in [-0.1, -0.05) is 37.3 Å². The zero-order valence-corrected chi connectivity index (χ0v) is 18.2. The first-order chi connectivity index (χ1) is 14.4. The summed E-state index contributed by atoms with van der Waals surface area (Å²) >= 11 is 1.35. The maximum absolute atomic E-state index is 12.8. The Balaban J connectivity index is 1.44. The van der Waals surface area contributed by atoms with Crippen LogP contribution in [0.5, 0.6) is 0 Å². The van der Waals surface area contributed by atoms with E-state index in [4.69, 9.17) is 0 Å². The smallest absolute Gasteiger partial charge is 0.257 e. The van der Waals surface area contributed by atoms with E-state index in [9.17, 15) is 13.2 Å². The molecule has 1 fully saturated rings. The molecule has 1 amide bonds. The third-order valence-corrected chi connectivity index (χ3v) is 7.96. The number of amides is 1. The number of rotatable bonds is 5. The molecule has 6 nitrogen and oxygen atoms in total. The first kappa shape index (κ1) is 20.7. The molecule has 0 spiro atoms. The van der Waals surface area contributed by atoms with Crippen LogP contribution in [-0.4, -0.2) is 36.7 Å². The van der Waals surface area contributed by atoms with Crippen LogP contribution in [0.3, 0.4) is 0 Å². The highest BCUT2D eigenvalue weighted by molar-refractivity contribution is 7.89. The van der Waals surface area contributed by atoms with Crippen LogP contribution in [0.25, 0.3) is 11.3 Å². The summed E-state index contributed by atoms with van der Waals surface area (Å²) in [5.41, 5.74) is 2.17. The highest BCUT2D eigenvalue weighted by Gasteiger charge is 2.28. The summed E-state index contributed by atoms with van der Waals surface area (Å²) in [4.78, 5) is 17.2. The fourth-order valence-corrected chi connectivity index (χ4v) is 5.58. The molecule has 0 atom stereocenters. The van der Waals surface area contributed by atoms with E-state index in [2.05, 4.69) is 17.2 Å². The molecule has 156 valence electrons. The van der Waals surface area contributed by atoms with Gasteiger partial charge in [0, 0.05) is 29.6 Å². The summed E-state index contributed by atoms with van der Waals surface area (Å²) < 4.78 is 27.2. The van der Waals surface area contributed by atoms with Crippen molar-refractivity contribution in [2.24, 2.45) is 5.92 Å². The van der Waals surface area contributed by atoms with Crippen molar-refractivity contribution in [2.45, 2.75) is 24.7 Å². The van der Waals surface area contributed by atoms with E-state index in [1.807, 2.05) is 35.7 Å². The monoisotopic (exact) mass is 441 g/mol. The number of aromatic nitrogens is 1. The number of hydrogen-bond donors (Lipinski definition) is 1. The SMILES string of the molecule is CC1CCN(S(=O)(=O)c2ccc(C(=O)Nc3nc(-c4ccccc4)cs3)cc2)CC1. The van der Waals surface area contributed by atoms with Crippen LogP contribution in [0, 0.1) is 5.92 Å². The Morgan fingerprint density at radius 1 is 1.07 bits per heavy atom. The molecule has 0 radical (unpaired) electrons. The van der Waals surface area contributed by atoms with E-state index in [0.717, 1.165) is 24.1 Å². The lowest BCUT2D eigenvalue weighted by Crippen LogP contribution is -2.37.